The molecule has 0 amide bonds. The van der Waals surface area contributed by atoms with Crippen LogP contribution in [0.1, 0.15) is 38.5 Å². The Morgan fingerprint density at radius 2 is 2.17 bits per heavy atom. The van der Waals surface area contributed by atoms with Crippen molar-refractivity contribution in [2.45, 2.75) is 50.1 Å². The van der Waals surface area contributed by atoms with Gasteiger partial charge in [0, 0.05) is 24.7 Å². The van der Waals surface area contributed by atoms with Gasteiger partial charge in [0.25, 0.3) is 0 Å². The average molecular weight is 251 g/mol. The molecule has 2 bridgehead atoms. The van der Waals surface area contributed by atoms with Crippen LogP contribution in [0, 0.1) is 11.8 Å². The maximum absolute atomic E-state index is 6.21. The molecule has 0 aromatic heterocycles. The first-order valence-corrected chi connectivity index (χ1v) is 7.77. The van der Waals surface area contributed by atoms with Gasteiger partial charge in [0.2, 0.25) is 0 Å². The van der Waals surface area contributed by atoms with Gasteiger partial charge in [0.1, 0.15) is 0 Å². The van der Waals surface area contributed by atoms with Crippen LogP contribution in [-0.2, 0) is 0 Å². The molecule has 0 aromatic rings. The lowest BCUT2D eigenvalue weighted by molar-refractivity contribution is 0.0474. The highest BCUT2D eigenvalue weighted by Crippen LogP contribution is 2.52. The molecule has 104 valence electrons. The van der Waals surface area contributed by atoms with Crippen molar-refractivity contribution in [2.75, 3.05) is 33.7 Å². The lowest BCUT2D eigenvalue weighted by Gasteiger charge is -2.46. The molecule has 3 aliphatic rings. The summed E-state index contributed by atoms with van der Waals surface area (Å²) in [4.78, 5) is 5.18. The van der Waals surface area contributed by atoms with Crippen molar-refractivity contribution >= 4 is 0 Å². The Kier molecular flexibility index (Phi) is 3.41. The van der Waals surface area contributed by atoms with Crippen LogP contribution in [0.25, 0.3) is 0 Å². The third kappa shape index (κ3) is 1.91. The SMILES string of the molecule is CN1CCCC1CN(C)C1(CN)CC2CCC1C2. The van der Waals surface area contributed by atoms with E-state index >= 15 is 0 Å². The molecule has 0 spiro atoms. The summed E-state index contributed by atoms with van der Waals surface area (Å²) in [7, 11) is 4.61. The Balaban J connectivity index is 1.68. The third-order valence-electron chi connectivity index (χ3n) is 6.21. The van der Waals surface area contributed by atoms with Crippen LogP contribution in [0.2, 0.25) is 0 Å². The lowest BCUT2D eigenvalue weighted by atomic mass is 9.79. The summed E-state index contributed by atoms with van der Waals surface area (Å²) in [5, 5.41) is 0. The topological polar surface area (TPSA) is 32.5 Å². The standard InChI is InChI=1S/C15H29N3/c1-17-7-3-4-14(17)10-18(2)15(11-16)9-12-5-6-13(15)8-12/h12-14H,3-11,16H2,1-2H3. The van der Waals surface area contributed by atoms with E-state index in [1.807, 2.05) is 0 Å². The highest BCUT2D eigenvalue weighted by Gasteiger charge is 2.52. The maximum atomic E-state index is 6.21. The first-order valence-electron chi connectivity index (χ1n) is 7.77. The highest BCUT2D eigenvalue weighted by molar-refractivity contribution is 5.08. The Bertz CT molecular complexity index is 306. The molecular weight excluding hydrogens is 222 g/mol. The summed E-state index contributed by atoms with van der Waals surface area (Å²) in [5.74, 6) is 1.85. The molecule has 1 saturated heterocycles. The summed E-state index contributed by atoms with van der Waals surface area (Å²) in [6.07, 6.45) is 8.44. The maximum Gasteiger partial charge on any atom is 0.0360 e. The fraction of sp³-hybridized carbons (Fsp3) is 1.00. The van der Waals surface area contributed by atoms with Gasteiger partial charge in [-0.05, 0) is 64.6 Å². The molecule has 4 atom stereocenters. The monoisotopic (exact) mass is 251 g/mol. The Hall–Kier alpha value is -0.120. The van der Waals surface area contributed by atoms with Crippen molar-refractivity contribution in [1.82, 2.24) is 9.80 Å². The minimum absolute atomic E-state index is 0.340. The van der Waals surface area contributed by atoms with Crippen LogP contribution in [0.4, 0.5) is 0 Å². The second-order valence-electron chi connectivity index (χ2n) is 7.05. The number of nitrogens with zero attached hydrogens (tertiary/aromatic N) is 2. The normalized spacial score (nSPS) is 44.3. The second-order valence-corrected chi connectivity index (χ2v) is 7.05. The van der Waals surface area contributed by atoms with Gasteiger partial charge in [-0.15, -0.1) is 0 Å². The smallest absolute Gasteiger partial charge is 0.0360 e. The quantitative estimate of drug-likeness (QED) is 0.822. The summed E-state index contributed by atoms with van der Waals surface area (Å²) < 4.78 is 0. The largest absolute Gasteiger partial charge is 0.329 e. The van der Waals surface area contributed by atoms with Crippen LogP contribution in [0.5, 0.6) is 0 Å². The second kappa shape index (κ2) is 4.77. The number of likely N-dealkylation sites (tertiary alicyclic amines) is 1. The van der Waals surface area contributed by atoms with E-state index in [0.717, 1.165) is 24.4 Å². The highest BCUT2D eigenvalue weighted by atomic mass is 15.3. The van der Waals surface area contributed by atoms with E-state index in [-0.39, 0.29) is 0 Å². The number of likely N-dealkylation sites (N-methyl/N-ethyl adjacent to an activating group) is 2. The molecule has 4 unspecified atom stereocenters. The van der Waals surface area contributed by atoms with Gasteiger partial charge >= 0.3 is 0 Å². The first-order chi connectivity index (χ1) is 8.65. The summed E-state index contributed by atoms with van der Waals surface area (Å²) >= 11 is 0. The predicted molar refractivity (Wildman–Crippen MR) is 75.5 cm³/mol. The van der Waals surface area contributed by atoms with Gasteiger partial charge in [0.15, 0.2) is 0 Å². The number of hydrogen-bond acceptors (Lipinski definition) is 3. The molecule has 3 rings (SSSR count). The van der Waals surface area contributed by atoms with Crippen molar-refractivity contribution in [3.63, 3.8) is 0 Å². The minimum Gasteiger partial charge on any atom is -0.329 e. The van der Waals surface area contributed by atoms with Gasteiger partial charge < -0.3 is 10.6 Å². The van der Waals surface area contributed by atoms with Crippen LogP contribution >= 0.6 is 0 Å². The first kappa shape index (κ1) is 12.9. The third-order valence-corrected chi connectivity index (χ3v) is 6.21. The molecule has 0 aromatic carbocycles. The molecule has 2 aliphatic carbocycles. The number of rotatable bonds is 4. The van der Waals surface area contributed by atoms with Crippen LogP contribution in [-0.4, -0.2) is 55.1 Å². The van der Waals surface area contributed by atoms with E-state index in [1.54, 1.807) is 0 Å². The van der Waals surface area contributed by atoms with Gasteiger partial charge in [-0.2, -0.15) is 0 Å². The average Bonchev–Trinajstić information content (AvgIpc) is 3.05. The summed E-state index contributed by atoms with van der Waals surface area (Å²) in [5.41, 5.74) is 6.55. The Labute approximate surface area is 112 Å². The number of nitrogens with two attached hydrogens (primary N) is 1. The molecule has 1 aliphatic heterocycles. The Morgan fingerprint density at radius 1 is 1.33 bits per heavy atom. The minimum atomic E-state index is 0.340. The van der Waals surface area contributed by atoms with E-state index in [1.165, 1.54) is 51.6 Å². The molecule has 1 heterocycles. The molecule has 2 N–H and O–H groups in total. The zero-order valence-electron chi connectivity index (χ0n) is 12.1. The van der Waals surface area contributed by atoms with Gasteiger partial charge in [0.05, 0.1) is 0 Å². The van der Waals surface area contributed by atoms with E-state index in [0.29, 0.717) is 5.54 Å². The van der Waals surface area contributed by atoms with Crippen LogP contribution in [0.3, 0.4) is 0 Å². The van der Waals surface area contributed by atoms with E-state index in [9.17, 15) is 0 Å². The van der Waals surface area contributed by atoms with Crippen molar-refractivity contribution < 1.29 is 0 Å². The molecule has 0 radical (unpaired) electrons. The molecule has 2 saturated carbocycles. The summed E-state index contributed by atoms with van der Waals surface area (Å²) in [6.45, 7) is 3.36. The van der Waals surface area contributed by atoms with Gasteiger partial charge in [-0.1, -0.05) is 6.42 Å². The summed E-state index contributed by atoms with van der Waals surface area (Å²) in [6, 6.07) is 0.762. The lowest BCUT2D eigenvalue weighted by Crippen LogP contribution is -2.58. The van der Waals surface area contributed by atoms with Crippen molar-refractivity contribution in [3.8, 4) is 0 Å². The number of hydrogen-bond donors (Lipinski definition) is 1. The zero-order valence-corrected chi connectivity index (χ0v) is 12.1. The zero-order chi connectivity index (χ0) is 12.8. The molecule has 18 heavy (non-hydrogen) atoms. The van der Waals surface area contributed by atoms with Crippen molar-refractivity contribution in [2.24, 2.45) is 17.6 Å². The van der Waals surface area contributed by atoms with Gasteiger partial charge in [-0.3, -0.25) is 4.90 Å². The molecule has 3 nitrogen and oxygen atoms in total. The van der Waals surface area contributed by atoms with E-state index in [4.69, 9.17) is 5.73 Å². The van der Waals surface area contributed by atoms with E-state index < -0.39 is 0 Å². The molecule has 3 fully saturated rings. The van der Waals surface area contributed by atoms with Gasteiger partial charge in [-0.25, -0.2) is 0 Å². The fourth-order valence-corrected chi connectivity index (χ4v) is 5.00. The fourth-order valence-electron chi connectivity index (χ4n) is 5.00. The van der Waals surface area contributed by atoms with Crippen LogP contribution < -0.4 is 5.73 Å². The Morgan fingerprint density at radius 3 is 2.67 bits per heavy atom. The molecule has 3 heteroatoms. The van der Waals surface area contributed by atoms with Crippen molar-refractivity contribution in [3.05, 3.63) is 0 Å². The van der Waals surface area contributed by atoms with E-state index in [2.05, 4.69) is 23.9 Å². The van der Waals surface area contributed by atoms with Crippen LogP contribution in [0.15, 0.2) is 0 Å². The molecular formula is C15H29N3. The van der Waals surface area contributed by atoms with Crippen molar-refractivity contribution in [1.29, 1.82) is 0 Å². The number of fused-ring (bicyclic) bond motifs is 2. The predicted octanol–water partition coefficient (Wildman–Crippen LogP) is 1.53.